The van der Waals surface area contributed by atoms with Gasteiger partial charge in [-0.3, -0.25) is 9.58 Å². The zero-order chi connectivity index (χ0) is 17.0. The first-order chi connectivity index (χ1) is 10.9. The van der Waals surface area contributed by atoms with E-state index in [9.17, 15) is 4.79 Å². The van der Waals surface area contributed by atoms with Gasteiger partial charge in [0.15, 0.2) is 0 Å². The molecular weight excluding hydrogens is 290 g/mol. The second-order valence-electron chi connectivity index (χ2n) is 6.57. The van der Waals surface area contributed by atoms with E-state index in [2.05, 4.69) is 35.2 Å². The molecule has 0 aromatic carbocycles. The Balaban J connectivity index is 1.83. The van der Waals surface area contributed by atoms with Gasteiger partial charge in [0.05, 0.1) is 12.2 Å². The second-order valence-corrected chi connectivity index (χ2v) is 6.57. The first-order valence-electron chi connectivity index (χ1n) is 8.75. The van der Waals surface area contributed by atoms with E-state index in [1.54, 1.807) is 0 Å². The number of carbonyl (C=O) groups is 1. The fourth-order valence-corrected chi connectivity index (χ4v) is 3.43. The van der Waals surface area contributed by atoms with E-state index in [0.29, 0.717) is 12.6 Å². The van der Waals surface area contributed by atoms with E-state index >= 15 is 0 Å². The summed E-state index contributed by atoms with van der Waals surface area (Å²) in [6.07, 6.45) is 1.07. The second kappa shape index (κ2) is 7.81. The van der Waals surface area contributed by atoms with Crippen LogP contribution in [0.1, 0.15) is 38.6 Å². The lowest BCUT2D eigenvalue weighted by Crippen LogP contribution is -2.46. The first kappa shape index (κ1) is 17.8. The standard InChI is InChI=1S/C17H31N5O/c1-6-20(7-2)16-8-9-21(12-16)17(23)18-14(4)11-22-15(5)10-13(3)19-22/h10,14,16H,6-9,11-12H2,1-5H3,(H,18,23)/t14-,16+/m1/s1. The molecule has 2 atom stereocenters. The predicted octanol–water partition coefficient (Wildman–Crippen LogP) is 2.01. The van der Waals surface area contributed by atoms with E-state index in [1.807, 2.05) is 30.4 Å². The minimum absolute atomic E-state index is 0.0497. The van der Waals surface area contributed by atoms with Gasteiger partial charge >= 0.3 is 6.03 Å². The van der Waals surface area contributed by atoms with Crippen LogP contribution in [0.4, 0.5) is 4.79 Å². The number of hydrogen-bond donors (Lipinski definition) is 1. The Morgan fingerprint density at radius 3 is 2.70 bits per heavy atom. The number of carbonyl (C=O) groups excluding carboxylic acids is 1. The topological polar surface area (TPSA) is 53.4 Å². The Labute approximate surface area is 139 Å². The van der Waals surface area contributed by atoms with Crippen molar-refractivity contribution in [1.82, 2.24) is 24.9 Å². The molecule has 1 N–H and O–H groups in total. The van der Waals surface area contributed by atoms with Crippen LogP contribution in [0.5, 0.6) is 0 Å². The number of likely N-dealkylation sites (N-methyl/N-ethyl adjacent to an activating group) is 1. The number of likely N-dealkylation sites (tertiary alicyclic amines) is 1. The van der Waals surface area contributed by atoms with Gasteiger partial charge in [-0.25, -0.2) is 4.79 Å². The summed E-state index contributed by atoms with van der Waals surface area (Å²) in [5.74, 6) is 0. The zero-order valence-electron chi connectivity index (χ0n) is 15.2. The summed E-state index contributed by atoms with van der Waals surface area (Å²) in [5, 5.41) is 7.57. The summed E-state index contributed by atoms with van der Waals surface area (Å²) in [5.41, 5.74) is 2.15. The number of urea groups is 1. The summed E-state index contributed by atoms with van der Waals surface area (Å²) < 4.78 is 1.96. The molecule has 0 radical (unpaired) electrons. The van der Waals surface area contributed by atoms with Gasteiger partial charge in [0.1, 0.15) is 0 Å². The summed E-state index contributed by atoms with van der Waals surface area (Å²) in [4.78, 5) is 16.8. The number of aryl methyl sites for hydroxylation is 2. The Hall–Kier alpha value is -1.56. The highest BCUT2D eigenvalue weighted by molar-refractivity contribution is 5.74. The average molecular weight is 321 g/mol. The highest BCUT2D eigenvalue weighted by Crippen LogP contribution is 2.15. The van der Waals surface area contributed by atoms with Crippen LogP contribution in [0, 0.1) is 13.8 Å². The average Bonchev–Trinajstić information content (AvgIpc) is 3.08. The maximum Gasteiger partial charge on any atom is 0.317 e. The fourth-order valence-electron chi connectivity index (χ4n) is 3.43. The lowest BCUT2D eigenvalue weighted by atomic mass is 10.2. The molecule has 1 aromatic rings. The highest BCUT2D eigenvalue weighted by Gasteiger charge is 2.29. The molecule has 2 heterocycles. The van der Waals surface area contributed by atoms with Gasteiger partial charge in [0.25, 0.3) is 0 Å². The van der Waals surface area contributed by atoms with Gasteiger partial charge in [-0.1, -0.05) is 13.8 Å². The third-order valence-electron chi connectivity index (χ3n) is 4.70. The van der Waals surface area contributed by atoms with E-state index in [-0.39, 0.29) is 12.1 Å². The molecule has 2 amide bonds. The van der Waals surface area contributed by atoms with Gasteiger partial charge < -0.3 is 10.2 Å². The molecule has 1 fully saturated rings. The highest BCUT2D eigenvalue weighted by atomic mass is 16.2. The Bertz CT molecular complexity index is 523. The van der Waals surface area contributed by atoms with Crippen molar-refractivity contribution in [3.8, 4) is 0 Å². The molecule has 1 aromatic heterocycles. The van der Waals surface area contributed by atoms with Crippen molar-refractivity contribution < 1.29 is 4.79 Å². The molecule has 1 aliphatic rings. The van der Waals surface area contributed by atoms with Crippen LogP contribution in [0.25, 0.3) is 0 Å². The molecule has 6 heteroatoms. The molecular formula is C17H31N5O. The van der Waals surface area contributed by atoms with E-state index in [1.165, 1.54) is 0 Å². The van der Waals surface area contributed by atoms with Gasteiger partial charge in [-0.15, -0.1) is 0 Å². The van der Waals surface area contributed by atoms with Crippen molar-refractivity contribution in [1.29, 1.82) is 0 Å². The number of aromatic nitrogens is 2. The number of rotatable bonds is 6. The number of amides is 2. The minimum Gasteiger partial charge on any atom is -0.334 e. The van der Waals surface area contributed by atoms with Gasteiger partial charge in [0, 0.05) is 30.9 Å². The third kappa shape index (κ3) is 4.47. The SMILES string of the molecule is CCN(CC)[C@H]1CCN(C(=O)N[C@H](C)Cn2nc(C)cc2C)C1. The molecule has 0 saturated carbocycles. The van der Waals surface area contributed by atoms with Crippen LogP contribution in [-0.2, 0) is 6.54 Å². The van der Waals surface area contributed by atoms with Crippen molar-refractivity contribution in [3.63, 3.8) is 0 Å². The van der Waals surface area contributed by atoms with Gasteiger partial charge in [-0.2, -0.15) is 5.10 Å². The molecule has 23 heavy (non-hydrogen) atoms. The smallest absolute Gasteiger partial charge is 0.317 e. The maximum atomic E-state index is 12.4. The molecule has 6 nitrogen and oxygen atoms in total. The summed E-state index contributed by atoms with van der Waals surface area (Å²) in [7, 11) is 0. The van der Waals surface area contributed by atoms with Crippen molar-refractivity contribution in [2.45, 2.75) is 59.7 Å². The quantitative estimate of drug-likeness (QED) is 0.872. The molecule has 1 aliphatic heterocycles. The monoisotopic (exact) mass is 321 g/mol. The summed E-state index contributed by atoms with van der Waals surface area (Å²) in [6.45, 7) is 14.9. The molecule has 0 unspecified atom stereocenters. The van der Waals surface area contributed by atoms with Crippen LogP contribution < -0.4 is 5.32 Å². The number of nitrogens with one attached hydrogen (secondary N) is 1. The fraction of sp³-hybridized carbons (Fsp3) is 0.765. The van der Waals surface area contributed by atoms with Crippen molar-refractivity contribution >= 4 is 6.03 Å². The van der Waals surface area contributed by atoms with Crippen LogP contribution >= 0.6 is 0 Å². The van der Waals surface area contributed by atoms with Gasteiger partial charge in [0.2, 0.25) is 0 Å². The molecule has 0 bridgehead atoms. The number of hydrogen-bond acceptors (Lipinski definition) is 3. The lowest BCUT2D eigenvalue weighted by Gasteiger charge is -2.26. The van der Waals surface area contributed by atoms with Crippen LogP contribution in [0.3, 0.4) is 0 Å². The van der Waals surface area contributed by atoms with Crippen molar-refractivity contribution in [3.05, 3.63) is 17.5 Å². The number of nitrogens with zero attached hydrogens (tertiary/aromatic N) is 4. The largest absolute Gasteiger partial charge is 0.334 e. The molecule has 0 spiro atoms. The summed E-state index contributed by atoms with van der Waals surface area (Å²) >= 11 is 0. The molecule has 130 valence electrons. The first-order valence-corrected chi connectivity index (χ1v) is 8.75. The van der Waals surface area contributed by atoms with E-state index < -0.39 is 0 Å². The normalized spacial score (nSPS) is 19.4. The predicted molar refractivity (Wildman–Crippen MR) is 92.6 cm³/mol. The molecule has 0 aliphatic carbocycles. The minimum atomic E-state index is 0.0497. The Morgan fingerprint density at radius 2 is 2.13 bits per heavy atom. The third-order valence-corrected chi connectivity index (χ3v) is 4.70. The van der Waals surface area contributed by atoms with Crippen LogP contribution in [-0.4, -0.2) is 63.9 Å². The maximum absolute atomic E-state index is 12.4. The molecule has 1 saturated heterocycles. The Morgan fingerprint density at radius 1 is 1.43 bits per heavy atom. The molecule has 2 rings (SSSR count). The van der Waals surface area contributed by atoms with E-state index in [0.717, 1.165) is 44.0 Å². The summed E-state index contributed by atoms with van der Waals surface area (Å²) in [6, 6.07) is 2.67. The van der Waals surface area contributed by atoms with Crippen molar-refractivity contribution in [2.75, 3.05) is 26.2 Å². The van der Waals surface area contributed by atoms with Crippen LogP contribution in [0.15, 0.2) is 6.07 Å². The van der Waals surface area contributed by atoms with Crippen LogP contribution in [0.2, 0.25) is 0 Å². The van der Waals surface area contributed by atoms with Gasteiger partial charge in [-0.05, 0) is 46.3 Å². The Kier molecular flexibility index (Phi) is 6.04. The lowest BCUT2D eigenvalue weighted by molar-refractivity contribution is 0.189. The zero-order valence-corrected chi connectivity index (χ0v) is 15.2. The van der Waals surface area contributed by atoms with Crippen molar-refractivity contribution in [2.24, 2.45) is 0 Å². The van der Waals surface area contributed by atoms with E-state index in [4.69, 9.17) is 0 Å².